The predicted octanol–water partition coefficient (Wildman–Crippen LogP) is 3.96. The van der Waals surface area contributed by atoms with Crippen LogP contribution >= 0.6 is 0 Å². The molecule has 1 atom stereocenters. The third kappa shape index (κ3) is 4.84. The smallest absolute Gasteiger partial charge is 0.326 e. The van der Waals surface area contributed by atoms with Crippen LogP contribution in [0.2, 0.25) is 0 Å². The number of hydrogen-bond acceptors (Lipinski definition) is 2. The molecule has 0 spiro atoms. The number of halogens is 3. The molecular formula is C16H17F3N2O2. The van der Waals surface area contributed by atoms with Gasteiger partial charge in [-0.15, -0.1) is 0 Å². The van der Waals surface area contributed by atoms with Gasteiger partial charge in [-0.05, 0) is 37.0 Å². The number of amides is 2. The lowest BCUT2D eigenvalue weighted by Gasteiger charge is -2.16. The molecule has 2 rings (SSSR count). The minimum absolute atomic E-state index is 0.0292. The highest BCUT2D eigenvalue weighted by Gasteiger charge is 2.34. The summed E-state index contributed by atoms with van der Waals surface area (Å²) >= 11 is 0. The minimum Gasteiger partial charge on any atom is -0.326 e. The van der Waals surface area contributed by atoms with E-state index in [1.807, 2.05) is 12.2 Å². The second-order valence-electron chi connectivity index (χ2n) is 5.46. The summed E-state index contributed by atoms with van der Waals surface area (Å²) in [5.41, 5.74) is -1.26. The molecule has 4 nitrogen and oxygen atoms in total. The fourth-order valence-corrected chi connectivity index (χ4v) is 2.47. The van der Waals surface area contributed by atoms with Crippen molar-refractivity contribution >= 4 is 23.2 Å². The molecule has 0 heterocycles. The maximum Gasteiger partial charge on any atom is 0.418 e. The molecule has 0 bridgehead atoms. The molecule has 23 heavy (non-hydrogen) atoms. The molecule has 0 fully saturated rings. The molecule has 0 saturated heterocycles. The molecule has 0 aliphatic heterocycles. The zero-order valence-electron chi connectivity index (χ0n) is 12.5. The van der Waals surface area contributed by atoms with Crippen LogP contribution in [0, 0.1) is 5.92 Å². The third-order valence-corrected chi connectivity index (χ3v) is 3.48. The second kappa shape index (κ2) is 6.85. The summed E-state index contributed by atoms with van der Waals surface area (Å²) in [6.07, 6.45) is 1.11. The Kier molecular flexibility index (Phi) is 5.08. The molecular weight excluding hydrogens is 309 g/mol. The monoisotopic (exact) mass is 326 g/mol. The number of benzene rings is 1. The largest absolute Gasteiger partial charge is 0.418 e. The third-order valence-electron chi connectivity index (χ3n) is 3.48. The lowest BCUT2D eigenvalue weighted by Crippen LogP contribution is -2.19. The van der Waals surface area contributed by atoms with Crippen molar-refractivity contribution in [3.8, 4) is 0 Å². The molecule has 1 aromatic carbocycles. The minimum atomic E-state index is -4.63. The normalized spacial score (nSPS) is 17.1. The van der Waals surface area contributed by atoms with Gasteiger partial charge in [0.05, 0.1) is 11.3 Å². The van der Waals surface area contributed by atoms with Crippen LogP contribution in [0.4, 0.5) is 24.5 Å². The van der Waals surface area contributed by atoms with E-state index in [-0.39, 0.29) is 23.7 Å². The Morgan fingerprint density at radius 2 is 2.00 bits per heavy atom. The zero-order chi connectivity index (χ0) is 17.0. The van der Waals surface area contributed by atoms with E-state index in [2.05, 4.69) is 10.6 Å². The van der Waals surface area contributed by atoms with Gasteiger partial charge in [0.25, 0.3) is 0 Å². The van der Waals surface area contributed by atoms with Crippen molar-refractivity contribution in [2.24, 2.45) is 5.92 Å². The molecule has 7 heteroatoms. The molecule has 0 unspecified atom stereocenters. The molecule has 0 saturated carbocycles. The SMILES string of the molecule is CC(=O)Nc1ccc(NC(=O)C[C@@H]2C=CCC2)c(C(F)(F)F)c1. The van der Waals surface area contributed by atoms with E-state index in [9.17, 15) is 22.8 Å². The number of anilines is 2. The van der Waals surface area contributed by atoms with Crippen LogP contribution < -0.4 is 10.6 Å². The Hall–Kier alpha value is -2.31. The van der Waals surface area contributed by atoms with E-state index in [4.69, 9.17) is 0 Å². The summed E-state index contributed by atoms with van der Waals surface area (Å²) in [6.45, 7) is 1.21. The van der Waals surface area contributed by atoms with Gasteiger partial charge in [-0.25, -0.2) is 0 Å². The summed E-state index contributed by atoms with van der Waals surface area (Å²) in [4.78, 5) is 22.9. The van der Waals surface area contributed by atoms with Crippen LogP contribution in [-0.4, -0.2) is 11.8 Å². The van der Waals surface area contributed by atoms with Gasteiger partial charge in [-0.2, -0.15) is 13.2 Å². The predicted molar refractivity (Wildman–Crippen MR) is 80.9 cm³/mol. The number of allylic oxidation sites excluding steroid dienone is 2. The van der Waals surface area contributed by atoms with Crippen LogP contribution in [0.3, 0.4) is 0 Å². The molecule has 124 valence electrons. The highest BCUT2D eigenvalue weighted by atomic mass is 19.4. The van der Waals surface area contributed by atoms with Gasteiger partial charge in [0, 0.05) is 19.0 Å². The van der Waals surface area contributed by atoms with Crippen LogP contribution in [0.5, 0.6) is 0 Å². The zero-order valence-corrected chi connectivity index (χ0v) is 12.5. The second-order valence-corrected chi connectivity index (χ2v) is 5.46. The maximum atomic E-state index is 13.1. The van der Waals surface area contributed by atoms with Crippen molar-refractivity contribution in [3.63, 3.8) is 0 Å². The lowest BCUT2D eigenvalue weighted by molar-refractivity contribution is -0.137. The van der Waals surface area contributed by atoms with Crippen molar-refractivity contribution in [2.45, 2.75) is 32.4 Å². The van der Waals surface area contributed by atoms with E-state index in [1.54, 1.807) is 0 Å². The van der Waals surface area contributed by atoms with Crippen LogP contribution in [0.1, 0.15) is 31.7 Å². The van der Waals surface area contributed by atoms with E-state index >= 15 is 0 Å². The van der Waals surface area contributed by atoms with Crippen molar-refractivity contribution in [1.82, 2.24) is 0 Å². The Morgan fingerprint density at radius 1 is 1.26 bits per heavy atom. The Bertz CT molecular complexity index is 639. The Labute approximate surface area is 131 Å². The molecule has 0 radical (unpaired) electrons. The number of alkyl halides is 3. The van der Waals surface area contributed by atoms with E-state index < -0.39 is 23.6 Å². The van der Waals surface area contributed by atoms with Gasteiger partial charge in [-0.1, -0.05) is 12.2 Å². The van der Waals surface area contributed by atoms with Crippen LogP contribution in [-0.2, 0) is 15.8 Å². The fourth-order valence-electron chi connectivity index (χ4n) is 2.47. The van der Waals surface area contributed by atoms with Crippen molar-refractivity contribution in [1.29, 1.82) is 0 Å². The molecule has 1 aromatic rings. The quantitative estimate of drug-likeness (QED) is 0.823. The Balaban J connectivity index is 2.17. The van der Waals surface area contributed by atoms with E-state index in [0.29, 0.717) is 0 Å². The fraction of sp³-hybridized carbons (Fsp3) is 0.375. The first-order valence-corrected chi connectivity index (χ1v) is 7.21. The first kappa shape index (κ1) is 17.1. The summed E-state index contributed by atoms with van der Waals surface area (Å²) in [5.74, 6) is -0.856. The summed E-state index contributed by atoms with van der Waals surface area (Å²) in [6, 6.07) is 3.28. The average Bonchev–Trinajstić information content (AvgIpc) is 2.91. The van der Waals surface area contributed by atoms with E-state index in [1.165, 1.54) is 13.0 Å². The molecule has 2 N–H and O–H groups in total. The number of nitrogens with one attached hydrogen (secondary N) is 2. The highest BCUT2D eigenvalue weighted by Crippen LogP contribution is 2.37. The van der Waals surface area contributed by atoms with Gasteiger partial charge in [0.1, 0.15) is 0 Å². The average molecular weight is 326 g/mol. The number of hydrogen-bond donors (Lipinski definition) is 2. The maximum absolute atomic E-state index is 13.1. The van der Waals surface area contributed by atoms with Gasteiger partial charge in [0.2, 0.25) is 11.8 Å². The molecule has 0 aromatic heterocycles. The Morgan fingerprint density at radius 3 is 2.57 bits per heavy atom. The van der Waals surface area contributed by atoms with Crippen LogP contribution in [0.15, 0.2) is 30.4 Å². The van der Waals surface area contributed by atoms with Gasteiger partial charge in [0.15, 0.2) is 0 Å². The molecule has 2 amide bonds. The first-order chi connectivity index (χ1) is 10.8. The number of rotatable bonds is 4. The number of carbonyl (C=O) groups is 2. The van der Waals surface area contributed by atoms with Gasteiger partial charge < -0.3 is 10.6 Å². The summed E-state index contributed by atoms with van der Waals surface area (Å²) in [5, 5.41) is 4.61. The topological polar surface area (TPSA) is 58.2 Å². The molecule has 1 aliphatic rings. The highest BCUT2D eigenvalue weighted by molar-refractivity contribution is 5.93. The molecule has 1 aliphatic carbocycles. The van der Waals surface area contributed by atoms with Crippen molar-refractivity contribution < 1.29 is 22.8 Å². The van der Waals surface area contributed by atoms with Crippen molar-refractivity contribution in [2.75, 3.05) is 10.6 Å². The van der Waals surface area contributed by atoms with Crippen LogP contribution in [0.25, 0.3) is 0 Å². The summed E-state index contributed by atoms with van der Waals surface area (Å²) < 4.78 is 39.4. The number of carbonyl (C=O) groups excluding carboxylic acids is 2. The van der Waals surface area contributed by atoms with Crippen molar-refractivity contribution in [3.05, 3.63) is 35.9 Å². The van der Waals surface area contributed by atoms with Gasteiger partial charge in [-0.3, -0.25) is 9.59 Å². The lowest BCUT2D eigenvalue weighted by atomic mass is 10.0. The summed E-state index contributed by atoms with van der Waals surface area (Å²) in [7, 11) is 0. The van der Waals surface area contributed by atoms with E-state index in [0.717, 1.165) is 25.0 Å². The first-order valence-electron chi connectivity index (χ1n) is 7.21. The standard InChI is InChI=1S/C16H17F3N2O2/c1-10(22)20-12-6-7-14(13(9-12)16(17,18)19)21-15(23)8-11-4-2-3-5-11/h2,4,6-7,9,11H,3,5,8H2,1H3,(H,20,22)(H,21,23)/t11-/m1/s1. The van der Waals surface area contributed by atoms with Gasteiger partial charge >= 0.3 is 6.18 Å².